The quantitative estimate of drug-likeness (QED) is 0.344. The number of carbonyl (C=O) groups is 2. The number of amides is 1. The molecule has 0 saturated carbocycles. The molecule has 1 heterocycles. The Balaban J connectivity index is 1.59. The van der Waals surface area contributed by atoms with Crippen molar-refractivity contribution in [2.45, 2.75) is 25.0 Å². The van der Waals surface area contributed by atoms with Crippen LogP contribution in [-0.4, -0.2) is 37.9 Å². The molecule has 6 heteroatoms. The van der Waals surface area contributed by atoms with Gasteiger partial charge < -0.3 is 19.5 Å². The van der Waals surface area contributed by atoms with E-state index in [-0.39, 0.29) is 12.2 Å². The average Bonchev–Trinajstić information content (AvgIpc) is 3.36. The molecule has 6 nitrogen and oxygen atoms in total. The molecule has 1 atom stereocenters. The summed E-state index contributed by atoms with van der Waals surface area (Å²) in [7, 11) is 1.33. The van der Waals surface area contributed by atoms with Gasteiger partial charge in [-0.3, -0.25) is 0 Å². The molecule has 1 fully saturated rings. The molecule has 1 aromatic carbocycles. The van der Waals surface area contributed by atoms with Gasteiger partial charge in [-0.2, -0.15) is 0 Å². The van der Waals surface area contributed by atoms with Crippen molar-refractivity contribution in [3.8, 4) is 0 Å². The van der Waals surface area contributed by atoms with E-state index < -0.39 is 12.1 Å². The number of carbonyl (C=O) groups excluding carboxylic acids is 2. The van der Waals surface area contributed by atoms with E-state index in [0.717, 1.165) is 18.4 Å². The monoisotopic (exact) mass is 319 g/mol. The van der Waals surface area contributed by atoms with Crippen LogP contribution in [0.3, 0.4) is 0 Å². The molecule has 23 heavy (non-hydrogen) atoms. The first-order valence-corrected chi connectivity index (χ1v) is 7.49. The molecule has 0 aromatic heterocycles. The number of nitrogens with one attached hydrogen (secondary N) is 1. The Kier molecular flexibility index (Phi) is 6.17. The van der Waals surface area contributed by atoms with Crippen LogP contribution in [0.2, 0.25) is 0 Å². The summed E-state index contributed by atoms with van der Waals surface area (Å²) in [4.78, 5) is 22.6. The Labute approximate surface area is 135 Å². The average molecular weight is 319 g/mol. The van der Waals surface area contributed by atoms with Crippen LogP contribution < -0.4 is 5.32 Å². The minimum absolute atomic E-state index is 0.252. The molecule has 2 rings (SSSR count). The van der Waals surface area contributed by atoms with E-state index >= 15 is 0 Å². The minimum atomic E-state index is -0.440. The lowest BCUT2D eigenvalue weighted by Crippen LogP contribution is -2.26. The standard InChI is InChI=1S/C17H21NO5/c1-21-15(19)8-10-17(13-23-17)9-5-11-18-16(20)22-12-14-6-3-2-4-7-14/h2-4,6-8,10H,5,9,11-13H2,1H3,(H,18,20)/b10-8+/t17-/m1/s1. The van der Waals surface area contributed by atoms with E-state index in [2.05, 4.69) is 10.1 Å². The summed E-state index contributed by atoms with van der Waals surface area (Å²) in [6.07, 6.45) is 4.09. The summed E-state index contributed by atoms with van der Waals surface area (Å²) < 4.78 is 15.0. The number of rotatable bonds is 8. The third-order valence-electron chi connectivity index (χ3n) is 3.50. The van der Waals surface area contributed by atoms with Crippen LogP contribution >= 0.6 is 0 Å². The highest BCUT2D eigenvalue weighted by Gasteiger charge is 2.41. The van der Waals surface area contributed by atoms with Crippen molar-refractivity contribution in [3.05, 3.63) is 48.0 Å². The van der Waals surface area contributed by atoms with Crippen molar-refractivity contribution in [1.29, 1.82) is 0 Å². The second-order valence-corrected chi connectivity index (χ2v) is 5.30. The maximum atomic E-state index is 11.6. The Morgan fingerprint density at radius 1 is 1.35 bits per heavy atom. The van der Waals surface area contributed by atoms with Gasteiger partial charge in [-0.1, -0.05) is 30.3 Å². The highest BCUT2D eigenvalue weighted by atomic mass is 16.6. The van der Waals surface area contributed by atoms with Crippen molar-refractivity contribution in [2.24, 2.45) is 0 Å². The van der Waals surface area contributed by atoms with Crippen LogP contribution in [0.5, 0.6) is 0 Å². The van der Waals surface area contributed by atoms with Crippen LogP contribution in [0.25, 0.3) is 0 Å². The Bertz CT molecular complexity index is 551. The van der Waals surface area contributed by atoms with Gasteiger partial charge in [0.05, 0.1) is 13.7 Å². The molecule has 1 aliphatic rings. The first-order valence-electron chi connectivity index (χ1n) is 7.49. The third kappa shape index (κ3) is 6.12. The number of epoxide rings is 1. The van der Waals surface area contributed by atoms with Crippen molar-refractivity contribution in [1.82, 2.24) is 5.32 Å². The molecule has 0 radical (unpaired) electrons. The number of hydrogen-bond donors (Lipinski definition) is 1. The summed E-state index contributed by atoms with van der Waals surface area (Å²) in [5, 5.41) is 2.70. The number of hydrogen-bond acceptors (Lipinski definition) is 5. The van der Waals surface area contributed by atoms with Gasteiger partial charge in [0.25, 0.3) is 0 Å². The minimum Gasteiger partial charge on any atom is -0.466 e. The van der Waals surface area contributed by atoms with Crippen LogP contribution in [0.15, 0.2) is 42.5 Å². The van der Waals surface area contributed by atoms with Crippen LogP contribution in [0.4, 0.5) is 4.79 Å². The molecule has 1 N–H and O–H groups in total. The Morgan fingerprint density at radius 2 is 2.09 bits per heavy atom. The maximum absolute atomic E-state index is 11.6. The Morgan fingerprint density at radius 3 is 2.74 bits per heavy atom. The normalized spacial score (nSPS) is 19.3. The zero-order valence-corrected chi connectivity index (χ0v) is 13.1. The number of esters is 1. The molecule has 1 aliphatic heterocycles. The first kappa shape index (κ1) is 17.0. The predicted octanol–water partition coefficient (Wildman–Crippen LogP) is 2.19. The van der Waals surface area contributed by atoms with E-state index in [1.165, 1.54) is 13.2 Å². The number of alkyl carbamates (subject to hydrolysis) is 1. The lowest BCUT2D eigenvalue weighted by atomic mass is 10.0. The van der Waals surface area contributed by atoms with Crippen molar-refractivity contribution < 1.29 is 23.8 Å². The van der Waals surface area contributed by atoms with E-state index in [1.807, 2.05) is 30.3 Å². The van der Waals surface area contributed by atoms with Gasteiger partial charge in [-0.15, -0.1) is 0 Å². The third-order valence-corrected chi connectivity index (χ3v) is 3.50. The highest BCUT2D eigenvalue weighted by molar-refractivity contribution is 5.82. The molecular formula is C17H21NO5. The van der Waals surface area contributed by atoms with Crippen LogP contribution in [0.1, 0.15) is 18.4 Å². The van der Waals surface area contributed by atoms with Gasteiger partial charge in [-0.25, -0.2) is 9.59 Å². The largest absolute Gasteiger partial charge is 0.466 e. The van der Waals surface area contributed by atoms with Crippen LogP contribution in [-0.2, 0) is 25.6 Å². The predicted molar refractivity (Wildman–Crippen MR) is 83.7 cm³/mol. The first-order chi connectivity index (χ1) is 11.1. The van der Waals surface area contributed by atoms with E-state index in [0.29, 0.717) is 13.2 Å². The van der Waals surface area contributed by atoms with E-state index in [4.69, 9.17) is 9.47 Å². The maximum Gasteiger partial charge on any atom is 0.407 e. The number of ether oxygens (including phenoxy) is 3. The molecule has 0 aliphatic carbocycles. The topological polar surface area (TPSA) is 77.2 Å². The van der Waals surface area contributed by atoms with E-state index in [9.17, 15) is 9.59 Å². The summed E-state index contributed by atoms with van der Waals surface area (Å²) in [5.41, 5.74) is 0.560. The summed E-state index contributed by atoms with van der Waals surface area (Å²) in [5.74, 6) is -0.400. The molecule has 1 aromatic rings. The lowest BCUT2D eigenvalue weighted by molar-refractivity contribution is -0.134. The Hall–Kier alpha value is -2.34. The lowest BCUT2D eigenvalue weighted by Gasteiger charge is -2.09. The van der Waals surface area contributed by atoms with E-state index in [1.54, 1.807) is 6.08 Å². The zero-order valence-electron chi connectivity index (χ0n) is 13.1. The zero-order chi connectivity index (χ0) is 16.5. The number of benzene rings is 1. The molecule has 0 unspecified atom stereocenters. The summed E-state index contributed by atoms with van der Waals surface area (Å²) >= 11 is 0. The van der Waals surface area contributed by atoms with Gasteiger partial charge in [-0.05, 0) is 24.5 Å². The van der Waals surface area contributed by atoms with Crippen LogP contribution in [0, 0.1) is 0 Å². The van der Waals surface area contributed by atoms with Gasteiger partial charge in [0.15, 0.2) is 0 Å². The summed E-state index contributed by atoms with van der Waals surface area (Å²) in [6, 6.07) is 9.50. The fourth-order valence-corrected chi connectivity index (χ4v) is 2.06. The second-order valence-electron chi connectivity index (χ2n) is 5.30. The molecule has 0 spiro atoms. The smallest absolute Gasteiger partial charge is 0.407 e. The molecule has 124 valence electrons. The van der Waals surface area contributed by atoms with Gasteiger partial charge in [0, 0.05) is 12.6 Å². The van der Waals surface area contributed by atoms with Gasteiger partial charge in [0.2, 0.25) is 0 Å². The van der Waals surface area contributed by atoms with Crippen molar-refractivity contribution in [3.63, 3.8) is 0 Å². The summed E-state index contributed by atoms with van der Waals surface area (Å²) in [6.45, 7) is 1.32. The fourth-order valence-electron chi connectivity index (χ4n) is 2.06. The van der Waals surface area contributed by atoms with Crippen molar-refractivity contribution in [2.75, 3.05) is 20.3 Å². The molecular weight excluding hydrogens is 298 g/mol. The fraction of sp³-hybridized carbons (Fsp3) is 0.412. The van der Waals surface area contributed by atoms with Gasteiger partial charge in [0.1, 0.15) is 12.2 Å². The molecule has 1 saturated heterocycles. The second kappa shape index (κ2) is 8.33. The molecule has 0 bridgehead atoms. The van der Waals surface area contributed by atoms with Gasteiger partial charge >= 0.3 is 12.1 Å². The highest BCUT2D eigenvalue weighted by Crippen LogP contribution is 2.33. The SMILES string of the molecule is COC(=O)/C=C/[C@]1(CCCNC(=O)OCc2ccccc2)CO1. The van der Waals surface area contributed by atoms with Crippen molar-refractivity contribution >= 4 is 12.1 Å². The molecule has 1 amide bonds. The number of methoxy groups -OCH3 is 1.